The number of carbonyl (C=O) groups excluding carboxylic acids is 5. The molecule has 0 aromatic heterocycles. The van der Waals surface area contributed by atoms with E-state index in [1.165, 1.54) is 0 Å². The molecule has 2 aromatic carbocycles. The minimum absolute atomic E-state index is 0.119. The molecular formula is C31H39N5O6. The van der Waals surface area contributed by atoms with Gasteiger partial charge in [-0.05, 0) is 35.6 Å². The Kier molecular flexibility index (Phi) is 10.5. The predicted octanol–water partition coefficient (Wildman–Crippen LogP) is 1.65. The average Bonchev–Trinajstić information content (AvgIpc) is 3.40. The van der Waals surface area contributed by atoms with E-state index in [0.717, 1.165) is 24.1 Å². The smallest absolute Gasteiger partial charge is 0.255 e. The molecule has 0 radical (unpaired) electrons. The van der Waals surface area contributed by atoms with E-state index < -0.39 is 29.8 Å². The van der Waals surface area contributed by atoms with Crippen LogP contribution in [0, 0.1) is 5.92 Å². The molecule has 4 rings (SSSR count). The van der Waals surface area contributed by atoms with E-state index in [1.807, 2.05) is 43.0 Å². The summed E-state index contributed by atoms with van der Waals surface area (Å²) in [5.74, 6) is -1.66. The van der Waals surface area contributed by atoms with Gasteiger partial charge >= 0.3 is 0 Å². The first-order valence-electron chi connectivity index (χ1n) is 14.5. The molecule has 11 heteroatoms. The molecular weight excluding hydrogens is 538 g/mol. The van der Waals surface area contributed by atoms with Gasteiger partial charge in [0, 0.05) is 26.1 Å². The zero-order chi connectivity index (χ0) is 30.1. The normalized spacial score (nSPS) is 20.8. The van der Waals surface area contributed by atoms with Crippen LogP contribution < -0.4 is 26.0 Å². The topological polar surface area (TPSA) is 146 Å². The lowest BCUT2D eigenvalue weighted by molar-refractivity contribution is -0.132. The SMILES string of the molecule is CC[C@H](C)[C@@H]1NC(=O)C[C@@H](C(=O)NCc2ccc(CN3CCCC3=O)cc2)NC(=O)c2ccccc2OCCNC1=O. The largest absolute Gasteiger partial charge is 0.491 e. The Morgan fingerprint density at radius 2 is 1.79 bits per heavy atom. The van der Waals surface area contributed by atoms with Crippen molar-refractivity contribution in [3.63, 3.8) is 0 Å². The second kappa shape index (κ2) is 14.5. The van der Waals surface area contributed by atoms with E-state index in [4.69, 9.17) is 4.74 Å². The Morgan fingerprint density at radius 3 is 2.50 bits per heavy atom. The fourth-order valence-corrected chi connectivity index (χ4v) is 4.96. The fourth-order valence-electron chi connectivity index (χ4n) is 4.96. The number of para-hydroxylation sites is 1. The van der Waals surface area contributed by atoms with Gasteiger partial charge in [-0.15, -0.1) is 0 Å². The summed E-state index contributed by atoms with van der Waals surface area (Å²) in [5, 5.41) is 11.0. The molecule has 2 aromatic rings. The highest BCUT2D eigenvalue weighted by molar-refractivity contribution is 6.01. The molecule has 224 valence electrons. The highest BCUT2D eigenvalue weighted by atomic mass is 16.5. The number of benzene rings is 2. The first-order chi connectivity index (χ1) is 20.2. The van der Waals surface area contributed by atoms with Crippen LogP contribution in [-0.4, -0.2) is 66.2 Å². The van der Waals surface area contributed by atoms with Gasteiger partial charge in [0.15, 0.2) is 0 Å². The van der Waals surface area contributed by atoms with Crippen molar-refractivity contribution < 1.29 is 28.7 Å². The number of hydrogen-bond acceptors (Lipinski definition) is 6. The minimum atomic E-state index is -1.20. The van der Waals surface area contributed by atoms with Gasteiger partial charge in [-0.1, -0.05) is 56.7 Å². The number of likely N-dealkylation sites (tertiary alicyclic amines) is 1. The van der Waals surface area contributed by atoms with Crippen molar-refractivity contribution in [2.24, 2.45) is 5.92 Å². The monoisotopic (exact) mass is 577 g/mol. The van der Waals surface area contributed by atoms with Crippen LogP contribution in [0.2, 0.25) is 0 Å². The third-order valence-corrected chi connectivity index (χ3v) is 7.65. The number of carbonyl (C=O) groups is 5. The molecule has 0 bridgehead atoms. The quantitative estimate of drug-likeness (QED) is 0.394. The summed E-state index contributed by atoms with van der Waals surface area (Å²) < 4.78 is 5.77. The van der Waals surface area contributed by atoms with Crippen molar-refractivity contribution in [2.75, 3.05) is 19.7 Å². The highest BCUT2D eigenvalue weighted by Crippen LogP contribution is 2.19. The Morgan fingerprint density at radius 1 is 1.05 bits per heavy atom. The summed E-state index contributed by atoms with van der Waals surface area (Å²) in [6.07, 6.45) is 1.76. The van der Waals surface area contributed by atoms with Gasteiger partial charge in [0.05, 0.1) is 18.5 Å². The average molecular weight is 578 g/mol. The number of fused-ring (bicyclic) bond motifs is 1. The molecule has 2 aliphatic heterocycles. The lowest BCUT2D eigenvalue weighted by atomic mass is 9.97. The number of amides is 5. The van der Waals surface area contributed by atoms with Crippen molar-refractivity contribution in [1.29, 1.82) is 0 Å². The summed E-state index contributed by atoms with van der Waals surface area (Å²) in [6, 6.07) is 12.2. The van der Waals surface area contributed by atoms with Gasteiger partial charge in [-0.25, -0.2) is 0 Å². The van der Waals surface area contributed by atoms with Gasteiger partial charge in [0.25, 0.3) is 5.91 Å². The van der Waals surface area contributed by atoms with Crippen molar-refractivity contribution >= 4 is 29.5 Å². The van der Waals surface area contributed by atoms with Gasteiger partial charge in [0.2, 0.25) is 23.6 Å². The first-order valence-corrected chi connectivity index (χ1v) is 14.5. The zero-order valence-corrected chi connectivity index (χ0v) is 24.1. The Bertz CT molecular complexity index is 1300. The van der Waals surface area contributed by atoms with E-state index in [0.29, 0.717) is 25.1 Å². The van der Waals surface area contributed by atoms with Crippen LogP contribution in [0.4, 0.5) is 0 Å². The molecule has 11 nitrogen and oxygen atoms in total. The maximum atomic E-state index is 13.3. The van der Waals surface area contributed by atoms with Crippen LogP contribution in [0.5, 0.6) is 5.75 Å². The molecule has 0 spiro atoms. The second-order valence-electron chi connectivity index (χ2n) is 10.7. The summed E-state index contributed by atoms with van der Waals surface area (Å²) >= 11 is 0. The molecule has 1 saturated heterocycles. The molecule has 5 amide bonds. The molecule has 42 heavy (non-hydrogen) atoms. The molecule has 2 aliphatic rings. The van der Waals surface area contributed by atoms with Crippen LogP contribution in [-0.2, 0) is 32.3 Å². The van der Waals surface area contributed by atoms with Crippen LogP contribution in [0.25, 0.3) is 0 Å². The number of rotatable bonds is 7. The second-order valence-corrected chi connectivity index (χ2v) is 10.7. The van der Waals surface area contributed by atoms with Crippen molar-refractivity contribution in [3.05, 3.63) is 65.2 Å². The van der Waals surface area contributed by atoms with E-state index in [2.05, 4.69) is 21.3 Å². The van der Waals surface area contributed by atoms with Crippen molar-refractivity contribution in [2.45, 2.75) is 64.7 Å². The summed E-state index contributed by atoms with van der Waals surface area (Å²) in [5.41, 5.74) is 2.03. The molecule has 0 aliphatic carbocycles. The molecule has 3 atom stereocenters. The Hall–Kier alpha value is -4.41. The molecule has 4 N–H and O–H groups in total. The van der Waals surface area contributed by atoms with Gasteiger partial charge < -0.3 is 30.9 Å². The van der Waals surface area contributed by atoms with Gasteiger partial charge in [0.1, 0.15) is 24.4 Å². The third kappa shape index (κ3) is 8.08. The standard InChI is InChI=1S/C31H39N5O6/c1-3-20(2)28-31(41)32-14-16-42-25-8-5-4-7-23(25)29(39)34-24(17-26(37)35-28)30(40)33-18-21-10-12-22(13-11-21)19-36-15-6-9-27(36)38/h4-5,7-8,10-13,20,24,28H,3,6,9,14-19H2,1-2H3,(H,32,41)(H,33,40)(H,34,39)(H,35,37)/t20-,24-,28-/m0/s1. The lowest BCUT2D eigenvalue weighted by Gasteiger charge is -2.26. The lowest BCUT2D eigenvalue weighted by Crippen LogP contribution is -2.54. The first kappa shape index (κ1) is 30.5. The predicted molar refractivity (Wildman–Crippen MR) is 155 cm³/mol. The molecule has 0 saturated carbocycles. The van der Waals surface area contributed by atoms with Crippen LogP contribution in [0.1, 0.15) is 61.0 Å². The van der Waals surface area contributed by atoms with E-state index in [1.54, 1.807) is 24.3 Å². The van der Waals surface area contributed by atoms with Crippen molar-refractivity contribution in [3.8, 4) is 5.75 Å². The van der Waals surface area contributed by atoms with E-state index in [-0.39, 0.29) is 49.4 Å². The number of hydrogen-bond donors (Lipinski definition) is 4. The van der Waals surface area contributed by atoms with Crippen LogP contribution in [0.3, 0.4) is 0 Å². The number of nitrogens with zero attached hydrogens (tertiary/aromatic N) is 1. The third-order valence-electron chi connectivity index (χ3n) is 7.65. The fraction of sp³-hybridized carbons (Fsp3) is 0.452. The van der Waals surface area contributed by atoms with E-state index >= 15 is 0 Å². The summed E-state index contributed by atoms with van der Waals surface area (Å²) in [4.78, 5) is 66.3. The van der Waals surface area contributed by atoms with Gasteiger partial charge in [-0.2, -0.15) is 0 Å². The van der Waals surface area contributed by atoms with Crippen molar-refractivity contribution in [1.82, 2.24) is 26.2 Å². The maximum Gasteiger partial charge on any atom is 0.255 e. The Labute approximate surface area is 245 Å². The van der Waals surface area contributed by atoms with Crippen LogP contribution in [0.15, 0.2) is 48.5 Å². The van der Waals surface area contributed by atoms with E-state index in [9.17, 15) is 24.0 Å². The maximum absolute atomic E-state index is 13.3. The molecule has 2 heterocycles. The van der Waals surface area contributed by atoms with Crippen LogP contribution >= 0.6 is 0 Å². The zero-order valence-electron chi connectivity index (χ0n) is 24.1. The summed E-state index contributed by atoms with van der Waals surface area (Å²) in [6.45, 7) is 5.58. The molecule has 0 unspecified atom stereocenters. The minimum Gasteiger partial charge on any atom is -0.491 e. The number of ether oxygens (including phenoxy) is 1. The van der Waals surface area contributed by atoms with Gasteiger partial charge in [-0.3, -0.25) is 24.0 Å². The molecule has 1 fully saturated rings. The highest BCUT2D eigenvalue weighted by Gasteiger charge is 2.30. The summed E-state index contributed by atoms with van der Waals surface area (Å²) in [7, 11) is 0. The number of nitrogens with one attached hydrogen (secondary N) is 4. The Balaban J connectivity index is 1.47.